The average Bonchev–Trinajstić information content (AvgIpc) is 2.64. The van der Waals surface area contributed by atoms with E-state index in [0.29, 0.717) is 6.04 Å². The number of hydrogen-bond acceptors (Lipinski definition) is 4. The molecule has 1 unspecified atom stereocenters. The topological polar surface area (TPSA) is 37.8 Å². The summed E-state index contributed by atoms with van der Waals surface area (Å²) in [5, 5.41) is 7.35. The quantitative estimate of drug-likeness (QED) is 0.789. The standard InChI is InChI=1S/C10H19N3S/c1-4-11-9(6-5-8(2)3)10-7-12-13-14-10/h7-9,11H,4-6H2,1-3H3. The lowest BCUT2D eigenvalue weighted by atomic mass is 10.0. The summed E-state index contributed by atoms with van der Waals surface area (Å²) >= 11 is 1.50. The summed E-state index contributed by atoms with van der Waals surface area (Å²) in [5.41, 5.74) is 0. The monoisotopic (exact) mass is 213 g/mol. The Hall–Kier alpha value is -0.480. The Morgan fingerprint density at radius 3 is 2.71 bits per heavy atom. The first-order valence-corrected chi connectivity index (χ1v) is 6.02. The van der Waals surface area contributed by atoms with E-state index in [-0.39, 0.29) is 0 Å². The van der Waals surface area contributed by atoms with Gasteiger partial charge in [0.1, 0.15) is 0 Å². The van der Waals surface area contributed by atoms with Crippen LogP contribution in [0.4, 0.5) is 0 Å². The molecule has 0 radical (unpaired) electrons. The van der Waals surface area contributed by atoms with E-state index < -0.39 is 0 Å². The Labute approximate surface area is 90.1 Å². The van der Waals surface area contributed by atoms with Gasteiger partial charge in [0.2, 0.25) is 0 Å². The lowest BCUT2D eigenvalue weighted by molar-refractivity contribution is 0.453. The van der Waals surface area contributed by atoms with Crippen molar-refractivity contribution < 1.29 is 0 Å². The van der Waals surface area contributed by atoms with Gasteiger partial charge in [0.25, 0.3) is 0 Å². The first-order valence-electron chi connectivity index (χ1n) is 5.24. The first kappa shape index (κ1) is 11.6. The smallest absolute Gasteiger partial charge is 0.0669 e. The van der Waals surface area contributed by atoms with Crippen molar-refractivity contribution in [2.45, 2.75) is 39.7 Å². The van der Waals surface area contributed by atoms with Crippen molar-refractivity contribution in [2.24, 2.45) is 5.92 Å². The van der Waals surface area contributed by atoms with Gasteiger partial charge in [-0.2, -0.15) is 0 Å². The third-order valence-corrected chi connectivity index (χ3v) is 2.98. The highest BCUT2D eigenvalue weighted by Gasteiger charge is 2.12. The van der Waals surface area contributed by atoms with Crippen molar-refractivity contribution in [2.75, 3.05) is 6.54 Å². The summed E-state index contributed by atoms with van der Waals surface area (Å²) < 4.78 is 3.90. The predicted molar refractivity (Wildman–Crippen MR) is 60.4 cm³/mol. The molecule has 0 amide bonds. The van der Waals surface area contributed by atoms with Crippen LogP contribution >= 0.6 is 11.5 Å². The second-order valence-electron chi connectivity index (χ2n) is 3.90. The molecule has 80 valence electrons. The van der Waals surface area contributed by atoms with Gasteiger partial charge in [-0.3, -0.25) is 0 Å². The minimum atomic E-state index is 0.447. The van der Waals surface area contributed by atoms with Crippen molar-refractivity contribution in [1.29, 1.82) is 0 Å². The molecule has 1 atom stereocenters. The van der Waals surface area contributed by atoms with E-state index in [0.717, 1.165) is 12.5 Å². The van der Waals surface area contributed by atoms with E-state index >= 15 is 0 Å². The van der Waals surface area contributed by atoms with Crippen LogP contribution in [0.3, 0.4) is 0 Å². The predicted octanol–water partition coefficient (Wildman–Crippen LogP) is 2.62. The molecule has 0 aliphatic rings. The molecule has 1 N–H and O–H groups in total. The molecular formula is C10H19N3S. The van der Waals surface area contributed by atoms with E-state index in [2.05, 4.69) is 35.7 Å². The van der Waals surface area contributed by atoms with E-state index in [1.807, 2.05) is 6.20 Å². The van der Waals surface area contributed by atoms with Crippen molar-refractivity contribution in [1.82, 2.24) is 14.9 Å². The van der Waals surface area contributed by atoms with Gasteiger partial charge in [-0.05, 0) is 36.8 Å². The maximum Gasteiger partial charge on any atom is 0.0669 e. The van der Waals surface area contributed by atoms with Crippen LogP contribution in [0.25, 0.3) is 0 Å². The molecule has 1 aromatic heterocycles. The Balaban J connectivity index is 2.47. The molecule has 14 heavy (non-hydrogen) atoms. The second-order valence-corrected chi connectivity index (χ2v) is 4.72. The fraction of sp³-hybridized carbons (Fsp3) is 0.800. The lowest BCUT2D eigenvalue weighted by Gasteiger charge is -2.16. The van der Waals surface area contributed by atoms with Crippen LogP contribution in [-0.4, -0.2) is 16.1 Å². The second kappa shape index (κ2) is 6.09. The van der Waals surface area contributed by atoms with Gasteiger partial charge in [-0.25, -0.2) is 0 Å². The highest BCUT2D eigenvalue weighted by molar-refractivity contribution is 7.05. The summed E-state index contributed by atoms with van der Waals surface area (Å²) in [6.07, 6.45) is 4.29. The Morgan fingerprint density at radius 2 is 2.21 bits per heavy atom. The molecule has 0 saturated heterocycles. The molecular weight excluding hydrogens is 194 g/mol. The molecule has 0 spiro atoms. The van der Waals surface area contributed by atoms with E-state index in [4.69, 9.17) is 0 Å². The molecule has 1 heterocycles. The van der Waals surface area contributed by atoms with Crippen LogP contribution in [-0.2, 0) is 0 Å². The SMILES string of the molecule is CCNC(CCC(C)C)c1cnns1. The number of nitrogens with one attached hydrogen (secondary N) is 1. The van der Waals surface area contributed by atoms with Crippen molar-refractivity contribution >= 4 is 11.5 Å². The Morgan fingerprint density at radius 1 is 1.43 bits per heavy atom. The molecule has 0 aliphatic carbocycles. The van der Waals surface area contributed by atoms with Crippen molar-refractivity contribution in [3.8, 4) is 0 Å². The van der Waals surface area contributed by atoms with Crippen molar-refractivity contribution in [3.63, 3.8) is 0 Å². The Bertz CT molecular complexity index is 234. The summed E-state index contributed by atoms with van der Waals surface area (Å²) in [6, 6.07) is 0.447. The van der Waals surface area contributed by atoms with Gasteiger partial charge in [-0.1, -0.05) is 25.3 Å². The molecule has 4 heteroatoms. The fourth-order valence-corrected chi connectivity index (χ4v) is 2.03. The zero-order chi connectivity index (χ0) is 10.4. The highest BCUT2D eigenvalue weighted by Crippen LogP contribution is 2.22. The largest absolute Gasteiger partial charge is 0.309 e. The van der Waals surface area contributed by atoms with Crippen LogP contribution in [0.1, 0.15) is 44.5 Å². The normalized spacial score (nSPS) is 13.4. The number of hydrogen-bond donors (Lipinski definition) is 1. The fourth-order valence-electron chi connectivity index (χ4n) is 1.42. The minimum Gasteiger partial charge on any atom is -0.309 e. The van der Waals surface area contributed by atoms with Gasteiger partial charge in [0, 0.05) is 6.04 Å². The van der Waals surface area contributed by atoms with Gasteiger partial charge < -0.3 is 5.32 Å². The molecule has 3 nitrogen and oxygen atoms in total. The molecule has 1 rings (SSSR count). The van der Waals surface area contributed by atoms with Gasteiger partial charge in [-0.15, -0.1) is 5.10 Å². The molecule has 0 bridgehead atoms. The maximum atomic E-state index is 3.90. The van der Waals surface area contributed by atoms with Gasteiger partial charge in [0.05, 0.1) is 11.1 Å². The van der Waals surface area contributed by atoms with Crippen molar-refractivity contribution in [3.05, 3.63) is 11.1 Å². The van der Waals surface area contributed by atoms with E-state index in [9.17, 15) is 0 Å². The molecule has 0 fully saturated rings. The summed E-state index contributed by atoms with van der Waals surface area (Å²) in [4.78, 5) is 1.26. The van der Waals surface area contributed by atoms with Crippen LogP contribution in [0.15, 0.2) is 6.20 Å². The average molecular weight is 213 g/mol. The lowest BCUT2D eigenvalue weighted by Crippen LogP contribution is -2.20. The molecule has 0 aliphatic heterocycles. The van der Waals surface area contributed by atoms with Crippen LogP contribution in [0, 0.1) is 5.92 Å². The molecule has 0 aromatic carbocycles. The summed E-state index contributed by atoms with van der Waals surface area (Å²) in [5.74, 6) is 0.761. The minimum absolute atomic E-state index is 0.447. The van der Waals surface area contributed by atoms with Gasteiger partial charge >= 0.3 is 0 Å². The third kappa shape index (κ3) is 3.72. The van der Waals surface area contributed by atoms with Crippen LogP contribution < -0.4 is 5.32 Å². The zero-order valence-corrected chi connectivity index (χ0v) is 9.97. The van der Waals surface area contributed by atoms with Gasteiger partial charge in [0.15, 0.2) is 0 Å². The number of nitrogens with zero attached hydrogens (tertiary/aromatic N) is 2. The summed E-state index contributed by atoms with van der Waals surface area (Å²) in [6.45, 7) is 7.65. The third-order valence-electron chi connectivity index (χ3n) is 2.21. The van der Waals surface area contributed by atoms with Crippen LogP contribution in [0.2, 0.25) is 0 Å². The maximum absolute atomic E-state index is 3.90. The zero-order valence-electron chi connectivity index (χ0n) is 9.16. The van der Waals surface area contributed by atoms with E-state index in [1.54, 1.807) is 0 Å². The van der Waals surface area contributed by atoms with Crippen LogP contribution in [0.5, 0.6) is 0 Å². The number of aromatic nitrogens is 2. The summed E-state index contributed by atoms with van der Waals surface area (Å²) in [7, 11) is 0. The molecule has 1 aromatic rings. The first-order chi connectivity index (χ1) is 6.74. The number of rotatable bonds is 6. The van der Waals surface area contributed by atoms with E-state index in [1.165, 1.54) is 29.3 Å². The Kier molecular flexibility index (Phi) is 5.04. The molecule has 0 saturated carbocycles. The highest BCUT2D eigenvalue weighted by atomic mass is 32.1.